The molecular formula is C16H20N2O. The van der Waals surface area contributed by atoms with Gasteiger partial charge in [0.05, 0.1) is 5.56 Å². The Morgan fingerprint density at radius 2 is 2.11 bits per heavy atom. The zero-order valence-corrected chi connectivity index (χ0v) is 12.0. The van der Waals surface area contributed by atoms with Gasteiger partial charge in [-0.2, -0.15) is 5.10 Å². The first-order chi connectivity index (χ1) is 9.06. The molecule has 0 N–H and O–H groups in total. The van der Waals surface area contributed by atoms with Crippen molar-refractivity contribution in [2.24, 2.45) is 0 Å². The predicted molar refractivity (Wildman–Crippen MR) is 77.5 cm³/mol. The maximum Gasteiger partial charge on any atom is 0.153 e. The molecule has 1 heterocycles. The van der Waals surface area contributed by atoms with Gasteiger partial charge in [0, 0.05) is 17.8 Å². The lowest BCUT2D eigenvalue weighted by Gasteiger charge is -2.08. The molecule has 19 heavy (non-hydrogen) atoms. The molecule has 0 radical (unpaired) electrons. The Bertz CT molecular complexity index is 599. The second-order valence-corrected chi connectivity index (χ2v) is 5.11. The average molecular weight is 256 g/mol. The van der Waals surface area contributed by atoms with E-state index < -0.39 is 0 Å². The molecule has 3 nitrogen and oxygen atoms in total. The summed E-state index contributed by atoms with van der Waals surface area (Å²) in [5.41, 5.74) is 4.85. The Kier molecular flexibility index (Phi) is 3.84. The number of hydrogen-bond donors (Lipinski definition) is 0. The van der Waals surface area contributed by atoms with E-state index in [0.717, 1.165) is 29.5 Å². The van der Waals surface area contributed by atoms with Gasteiger partial charge in [-0.25, -0.2) is 0 Å². The van der Waals surface area contributed by atoms with Crippen molar-refractivity contribution < 1.29 is 4.79 Å². The average Bonchev–Trinajstić information content (AvgIpc) is 2.81. The fraction of sp³-hybridized carbons (Fsp3) is 0.375. The van der Waals surface area contributed by atoms with E-state index in [0.29, 0.717) is 11.6 Å². The Labute approximate surface area is 114 Å². The summed E-state index contributed by atoms with van der Waals surface area (Å²) in [4.78, 5) is 11.2. The standard InChI is InChI=1S/C16H20N2O/c1-5-13(4)18-9-14(10-19)16(17-18)15-7-6-11(2)8-12(15)3/h6-10,13H,5H2,1-4H3. The van der Waals surface area contributed by atoms with Gasteiger partial charge in [-0.3, -0.25) is 9.48 Å². The summed E-state index contributed by atoms with van der Waals surface area (Å²) in [6, 6.07) is 6.52. The quantitative estimate of drug-likeness (QED) is 0.776. The van der Waals surface area contributed by atoms with Crippen LogP contribution in [0.2, 0.25) is 0 Å². The van der Waals surface area contributed by atoms with Crippen LogP contribution in [-0.4, -0.2) is 16.1 Å². The number of hydrogen-bond acceptors (Lipinski definition) is 2. The van der Waals surface area contributed by atoms with E-state index >= 15 is 0 Å². The first kappa shape index (κ1) is 13.5. The van der Waals surface area contributed by atoms with Gasteiger partial charge in [0.2, 0.25) is 0 Å². The number of aryl methyl sites for hydroxylation is 2. The van der Waals surface area contributed by atoms with Crippen molar-refractivity contribution in [3.05, 3.63) is 41.1 Å². The van der Waals surface area contributed by atoms with Gasteiger partial charge >= 0.3 is 0 Å². The molecule has 100 valence electrons. The van der Waals surface area contributed by atoms with Gasteiger partial charge in [-0.1, -0.05) is 30.7 Å². The summed E-state index contributed by atoms with van der Waals surface area (Å²) < 4.78 is 1.89. The summed E-state index contributed by atoms with van der Waals surface area (Å²) in [7, 11) is 0. The molecule has 0 bridgehead atoms. The normalized spacial score (nSPS) is 12.4. The first-order valence-corrected chi connectivity index (χ1v) is 6.68. The number of aldehydes is 1. The van der Waals surface area contributed by atoms with Crippen LogP contribution >= 0.6 is 0 Å². The van der Waals surface area contributed by atoms with E-state index in [1.807, 2.05) is 16.9 Å². The highest BCUT2D eigenvalue weighted by molar-refractivity contribution is 5.86. The lowest BCUT2D eigenvalue weighted by atomic mass is 10.0. The number of nitrogens with zero attached hydrogens (tertiary/aromatic N) is 2. The number of rotatable bonds is 4. The molecule has 0 spiro atoms. The molecule has 0 aliphatic heterocycles. The van der Waals surface area contributed by atoms with Crippen molar-refractivity contribution in [1.82, 2.24) is 9.78 Å². The summed E-state index contributed by atoms with van der Waals surface area (Å²) in [6.45, 7) is 8.34. The third-order valence-corrected chi connectivity index (χ3v) is 3.57. The van der Waals surface area contributed by atoms with Crippen LogP contribution in [0.15, 0.2) is 24.4 Å². The zero-order valence-electron chi connectivity index (χ0n) is 12.0. The monoisotopic (exact) mass is 256 g/mol. The highest BCUT2D eigenvalue weighted by atomic mass is 16.1. The van der Waals surface area contributed by atoms with Crippen molar-refractivity contribution in [2.75, 3.05) is 0 Å². The highest BCUT2D eigenvalue weighted by Gasteiger charge is 2.14. The smallest absolute Gasteiger partial charge is 0.153 e. The van der Waals surface area contributed by atoms with Gasteiger partial charge in [0.1, 0.15) is 5.69 Å². The lowest BCUT2D eigenvalue weighted by molar-refractivity contribution is 0.112. The molecule has 0 aliphatic rings. The summed E-state index contributed by atoms with van der Waals surface area (Å²) in [5, 5.41) is 4.60. The van der Waals surface area contributed by atoms with Crippen LogP contribution in [0.4, 0.5) is 0 Å². The van der Waals surface area contributed by atoms with Crippen LogP contribution in [0.1, 0.15) is 47.8 Å². The molecule has 0 amide bonds. The topological polar surface area (TPSA) is 34.9 Å². The Balaban J connectivity index is 2.54. The van der Waals surface area contributed by atoms with Gasteiger partial charge in [0.15, 0.2) is 6.29 Å². The van der Waals surface area contributed by atoms with E-state index in [9.17, 15) is 4.79 Å². The Hall–Kier alpha value is -1.90. The molecule has 1 atom stereocenters. The van der Waals surface area contributed by atoms with Gasteiger partial charge in [-0.05, 0) is 32.8 Å². The maximum absolute atomic E-state index is 11.2. The SMILES string of the molecule is CCC(C)n1cc(C=O)c(-c2ccc(C)cc2C)n1. The molecule has 0 saturated heterocycles. The van der Waals surface area contributed by atoms with Crippen molar-refractivity contribution in [3.8, 4) is 11.3 Å². The van der Waals surface area contributed by atoms with E-state index in [1.54, 1.807) is 0 Å². The van der Waals surface area contributed by atoms with Crippen molar-refractivity contribution in [2.45, 2.75) is 40.2 Å². The molecule has 2 rings (SSSR count). The van der Waals surface area contributed by atoms with Crippen LogP contribution in [0.5, 0.6) is 0 Å². The minimum atomic E-state index is 0.304. The van der Waals surface area contributed by atoms with Crippen LogP contribution < -0.4 is 0 Å². The molecule has 1 aromatic heterocycles. The number of benzene rings is 1. The first-order valence-electron chi connectivity index (χ1n) is 6.68. The fourth-order valence-corrected chi connectivity index (χ4v) is 2.19. The summed E-state index contributed by atoms with van der Waals surface area (Å²) >= 11 is 0. The second kappa shape index (κ2) is 5.39. The minimum Gasteiger partial charge on any atom is -0.298 e. The van der Waals surface area contributed by atoms with E-state index in [1.165, 1.54) is 5.56 Å². The maximum atomic E-state index is 11.2. The third-order valence-electron chi connectivity index (χ3n) is 3.57. The predicted octanol–water partition coefficient (Wildman–Crippen LogP) is 3.95. The van der Waals surface area contributed by atoms with Crippen LogP contribution in [-0.2, 0) is 0 Å². The van der Waals surface area contributed by atoms with Crippen LogP contribution in [0.3, 0.4) is 0 Å². The largest absolute Gasteiger partial charge is 0.298 e. The number of aromatic nitrogens is 2. The van der Waals surface area contributed by atoms with Crippen molar-refractivity contribution in [1.29, 1.82) is 0 Å². The van der Waals surface area contributed by atoms with E-state index in [4.69, 9.17) is 0 Å². The molecule has 1 aromatic carbocycles. The zero-order chi connectivity index (χ0) is 14.0. The fourth-order valence-electron chi connectivity index (χ4n) is 2.19. The minimum absolute atomic E-state index is 0.304. The van der Waals surface area contributed by atoms with E-state index in [-0.39, 0.29) is 0 Å². The molecule has 0 aliphatic carbocycles. The molecule has 0 saturated carbocycles. The van der Waals surface area contributed by atoms with E-state index in [2.05, 4.69) is 44.9 Å². The highest BCUT2D eigenvalue weighted by Crippen LogP contribution is 2.26. The molecule has 2 aromatic rings. The molecule has 3 heteroatoms. The molecule has 0 fully saturated rings. The molecule has 1 unspecified atom stereocenters. The summed E-state index contributed by atoms with van der Waals surface area (Å²) in [5.74, 6) is 0. The lowest BCUT2D eigenvalue weighted by Crippen LogP contribution is -2.04. The van der Waals surface area contributed by atoms with Crippen LogP contribution in [0, 0.1) is 13.8 Å². The second-order valence-electron chi connectivity index (χ2n) is 5.11. The summed E-state index contributed by atoms with van der Waals surface area (Å²) in [6.07, 6.45) is 3.72. The Morgan fingerprint density at radius 1 is 1.37 bits per heavy atom. The van der Waals surface area contributed by atoms with Gasteiger partial charge in [0.25, 0.3) is 0 Å². The Morgan fingerprint density at radius 3 is 2.68 bits per heavy atom. The van der Waals surface area contributed by atoms with Crippen molar-refractivity contribution in [3.63, 3.8) is 0 Å². The van der Waals surface area contributed by atoms with Gasteiger partial charge < -0.3 is 0 Å². The molecular weight excluding hydrogens is 236 g/mol. The number of carbonyl (C=O) groups excluding carboxylic acids is 1. The number of carbonyl (C=O) groups is 1. The van der Waals surface area contributed by atoms with Gasteiger partial charge in [-0.15, -0.1) is 0 Å². The van der Waals surface area contributed by atoms with Crippen LogP contribution in [0.25, 0.3) is 11.3 Å². The third kappa shape index (κ3) is 2.60. The van der Waals surface area contributed by atoms with Crippen molar-refractivity contribution >= 4 is 6.29 Å².